The minimum Gasteiger partial charge on any atom is -0.476 e. The average molecular weight is 284 g/mol. The highest BCUT2D eigenvalue weighted by Crippen LogP contribution is 2.19. The lowest BCUT2D eigenvalue weighted by Gasteiger charge is -2.07. The molecule has 0 bridgehead atoms. The van der Waals surface area contributed by atoms with Gasteiger partial charge in [0.1, 0.15) is 4.90 Å². The molecular formula is C11H12N2O3S2. The molecule has 2 rings (SSSR count). The molecule has 0 amide bonds. The maximum Gasteiger partial charge on any atom is 0.243 e. The van der Waals surface area contributed by atoms with Gasteiger partial charge in [-0.25, -0.2) is 18.5 Å². The molecule has 0 aromatic carbocycles. The lowest BCUT2D eigenvalue weighted by atomic mass is 10.4. The van der Waals surface area contributed by atoms with Gasteiger partial charge in [-0.3, -0.25) is 0 Å². The first kappa shape index (κ1) is 13.0. The zero-order chi connectivity index (χ0) is 13.0. The number of hydrogen-bond acceptors (Lipinski definition) is 5. The second kappa shape index (κ2) is 5.47. The summed E-state index contributed by atoms with van der Waals surface area (Å²) in [6.07, 6.45) is 2.17. The van der Waals surface area contributed by atoms with Gasteiger partial charge in [-0.2, -0.15) is 0 Å². The largest absolute Gasteiger partial charge is 0.476 e. The van der Waals surface area contributed by atoms with Gasteiger partial charge in [0, 0.05) is 17.5 Å². The van der Waals surface area contributed by atoms with Crippen LogP contribution in [0.2, 0.25) is 0 Å². The van der Waals surface area contributed by atoms with Gasteiger partial charge in [-0.05, 0) is 23.6 Å². The number of thiophene rings is 1. The molecule has 0 spiro atoms. The second-order valence-corrected chi connectivity index (χ2v) is 6.09. The Morgan fingerprint density at radius 2 is 2.17 bits per heavy atom. The third kappa shape index (κ3) is 3.28. The third-order valence-corrected chi connectivity index (χ3v) is 4.07. The Morgan fingerprint density at radius 1 is 1.33 bits per heavy atom. The predicted octanol–water partition coefficient (Wildman–Crippen LogP) is 1.41. The standard InChI is InChI=1S/C11H12N2O3S2/c12-18(14,15)10-4-1-6-13-11(10)16-7-5-9-3-2-8-17-9/h1-4,6,8H,5,7H2,(H2,12,14,15). The number of sulfonamides is 1. The molecule has 7 heteroatoms. The van der Waals surface area contributed by atoms with Crippen LogP contribution < -0.4 is 9.88 Å². The normalized spacial score (nSPS) is 11.4. The van der Waals surface area contributed by atoms with Crippen molar-refractivity contribution in [1.82, 2.24) is 4.98 Å². The lowest BCUT2D eigenvalue weighted by molar-refractivity contribution is 0.301. The molecule has 2 N–H and O–H groups in total. The van der Waals surface area contributed by atoms with Crippen LogP contribution in [-0.4, -0.2) is 20.0 Å². The zero-order valence-electron chi connectivity index (χ0n) is 9.44. The summed E-state index contributed by atoms with van der Waals surface area (Å²) in [5, 5.41) is 7.06. The molecule has 0 unspecified atom stereocenters. The topological polar surface area (TPSA) is 82.3 Å². The first-order valence-electron chi connectivity index (χ1n) is 5.20. The van der Waals surface area contributed by atoms with Crippen LogP contribution in [-0.2, 0) is 16.4 Å². The Hall–Kier alpha value is -1.44. The van der Waals surface area contributed by atoms with Crippen LogP contribution in [0.25, 0.3) is 0 Å². The summed E-state index contributed by atoms with van der Waals surface area (Å²) in [5.74, 6) is 0.0524. The van der Waals surface area contributed by atoms with Crippen molar-refractivity contribution in [2.75, 3.05) is 6.61 Å². The van der Waals surface area contributed by atoms with Crippen LogP contribution in [0.1, 0.15) is 4.88 Å². The van der Waals surface area contributed by atoms with E-state index in [-0.39, 0.29) is 10.8 Å². The van der Waals surface area contributed by atoms with Gasteiger partial charge < -0.3 is 4.74 Å². The summed E-state index contributed by atoms with van der Waals surface area (Å²) in [4.78, 5) is 4.97. The highest BCUT2D eigenvalue weighted by molar-refractivity contribution is 7.89. The molecule has 2 heterocycles. The summed E-state index contributed by atoms with van der Waals surface area (Å²) >= 11 is 1.62. The van der Waals surface area contributed by atoms with Gasteiger partial charge >= 0.3 is 0 Å². The summed E-state index contributed by atoms with van der Waals surface area (Å²) in [6, 6.07) is 6.83. The fraction of sp³-hybridized carbons (Fsp3) is 0.182. The summed E-state index contributed by atoms with van der Waals surface area (Å²) in [7, 11) is -3.80. The van der Waals surface area contributed by atoms with Crippen molar-refractivity contribution in [3.63, 3.8) is 0 Å². The van der Waals surface area contributed by atoms with Crippen LogP contribution >= 0.6 is 11.3 Å². The molecule has 0 aliphatic heterocycles. The number of hydrogen-bond donors (Lipinski definition) is 1. The van der Waals surface area contributed by atoms with Crippen molar-refractivity contribution in [3.05, 3.63) is 40.7 Å². The fourth-order valence-corrected chi connectivity index (χ4v) is 2.72. The SMILES string of the molecule is NS(=O)(=O)c1cccnc1OCCc1cccs1. The summed E-state index contributed by atoms with van der Waals surface area (Å²) in [5.41, 5.74) is 0. The second-order valence-electron chi connectivity index (χ2n) is 3.53. The van der Waals surface area contributed by atoms with E-state index in [1.165, 1.54) is 23.2 Å². The molecule has 18 heavy (non-hydrogen) atoms. The van der Waals surface area contributed by atoms with E-state index in [2.05, 4.69) is 4.98 Å². The molecule has 5 nitrogen and oxygen atoms in total. The van der Waals surface area contributed by atoms with Gasteiger partial charge in [-0.1, -0.05) is 6.07 Å². The number of aromatic nitrogens is 1. The van der Waals surface area contributed by atoms with E-state index in [9.17, 15) is 8.42 Å². The van der Waals surface area contributed by atoms with Crippen LogP contribution in [0, 0.1) is 0 Å². The van der Waals surface area contributed by atoms with Gasteiger partial charge in [0.05, 0.1) is 6.61 Å². The van der Waals surface area contributed by atoms with Gasteiger partial charge in [-0.15, -0.1) is 11.3 Å². The zero-order valence-corrected chi connectivity index (χ0v) is 11.1. The maximum atomic E-state index is 11.3. The first-order chi connectivity index (χ1) is 8.57. The maximum absolute atomic E-state index is 11.3. The first-order valence-corrected chi connectivity index (χ1v) is 7.63. The summed E-state index contributed by atoms with van der Waals surface area (Å²) < 4.78 is 28.0. The summed E-state index contributed by atoms with van der Waals surface area (Å²) in [6.45, 7) is 0.361. The number of primary sulfonamides is 1. The number of pyridine rings is 1. The monoisotopic (exact) mass is 284 g/mol. The Labute approximate surface area is 109 Å². The molecule has 0 aliphatic rings. The van der Waals surface area contributed by atoms with E-state index in [0.717, 1.165) is 0 Å². The Balaban J connectivity index is 2.06. The Kier molecular flexibility index (Phi) is 3.95. The van der Waals surface area contributed by atoms with Crippen molar-refractivity contribution >= 4 is 21.4 Å². The third-order valence-electron chi connectivity index (χ3n) is 2.21. The fourth-order valence-electron chi connectivity index (χ4n) is 1.40. The molecule has 2 aromatic heterocycles. The van der Waals surface area contributed by atoms with E-state index >= 15 is 0 Å². The number of nitrogens with zero attached hydrogens (tertiary/aromatic N) is 1. The van der Waals surface area contributed by atoms with Crippen LogP contribution in [0.5, 0.6) is 5.88 Å². The molecule has 0 saturated heterocycles. The molecule has 2 aromatic rings. The van der Waals surface area contributed by atoms with Crippen LogP contribution in [0.15, 0.2) is 40.7 Å². The Morgan fingerprint density at radius 3 is 2.83 bits per heavy atom. The van der Waals surface area contributed by atoms with Gasteiger partial charge in [0.15, 0.2) is 0 Å². The van der Waals surface area contributed by atoms with Crippen LogP contribution in [0.3, 0.4) is 0 Å². The van der Waals surface area contributed by atoms with E-state index in [0.29, 0.717) is 13.0 Å². The molecule has 0 atom stereocenters. The molecule has 0 radical (unpaired) electrons. The van der Waals surface area contributed by atoms with E-state index in [1.807, 2.05) is 17.5 Å². The number of nitrogens with two attached hydrogens (primary N) is 1. The highest BCUT2D eigenvalue weighted by atomic mass is 32.2. The van der Waals surface area contributed by atoms with Crippen molar-refractivity contribution in [2.45, 2.75) is 11.3 Å². The number of rotatable bonds is 5. The predicted molar refractivity (Wildman–Crippen MR) is 69.1 cm³/mol. The molecule has 96 valence electrons. The minimum atomic E-state index is -3.80. The quantitative estimate of drug-likeness (QED) is 0.900. The molecule has 0 fully saturated rings. The van der Waals surface area contributed by atoms with Crippen molar-refractivity contribution in [3.8, 4) is 5.88 Å². The van der Waals surface area contributed by atoms with Crippen molar-refractivity contribution < 1.29 is 13.2 Å². The van der Waals surface area contributed by atoms with E-state index in [4.69, 9.17) is 9.88 Å². The van der Waals surface area contributed by atoms with Crippen molar-refractivity contribution in [1.29, 1.82) is 0 Å². The smallest absolute Gasteiger partial charge is 0.243 e. The van der Waals surface area contributed by atoms with E-state index in [1.54, 1.807) is 11.3 Å². The van der Waals surface area contributed by atoms with Gasteiger partial charge in [0.25, 0.3) is 0 Å². The molecular weight excluding hydrogens is 272 g/mol. The van der Waals surface area contributed by atoms with Gasteiger partial charge in [0.2, 0.25) is 15.9 Å². The molecule has 0 aliphatic carbocycles. The minimum absolute atomic E-state index is 0.0524. The molecule has 0 saturated carbocycles. The van der Waals surface area contributed by atoms with Crippen LogP contribution in [0.4, 0.5) is 0 Å². The lowest BCUT2D eigenvalue weighted by Crippen LogP contribution is -2.15. The Bertz CT molecular complexity index is 609. The average Bonchev–Trinajstić information content (AvgIpc) is 2.81. The highest BCUT2D eigenvalue weighted by Gasteiger charge is 2.15. The van der Waals surface area contributed by atoms with Crippen molar-refractivity contribution in [2.24, 2.45) is 5.14 Å². The van der Waals surface area contributed by atoms with E-state index < -0.39 is 10.0 Å². The number of ether oxygens (including phenoxy) is 1.